The first-order valence-electron chi connectivity index (χ1n) is 4.37. The van der Waals surface area contributed by atoms with Crippen LogP contribution in [0.2, 0.25) is 0 Å². The Balaban J connectivity index is 0. The van der Waals surface area contributed by atoms with E-state index in [1.807, 2.05) is 12.4 Å². The molecular weight excluding hydrogens is 208 g/mol. The van der Waals surface area contributed by atoms with Crippen molar-refractivity contribution in [2.75, 3.05) is 0 Å². The third-order valence-corrected chi connectivity index (χ3v) is 2.55. The zero-order valence-corrected chi connectivity index (χ0v) is 9.58. The van der Waals surface area contributed by atoms with Crippen LogP contribution in [0.5, 0.6) is 0 Å². The van der Waals surface area contributed by atoms with Gasteiger partial charge in [-0.2, -0.15) is 13.9 Å². The highest BCUT2D eigenvalue weighted by molar-refractivity contribution is 7.86. The van der Waals surface area contributed by atoms with E-state index in [1.165, 1.54) is 13.8 Å². The summed E-state index contributed by atoms with van der Waals surface area (Å²) in [7, 11) is -3.74. The molecule has 5 N–H and O–H groups in total. The van der Waals surface area contributed by atoms with Crippen LogP contribution in [-0.2, 0) is 10.1 Å². The van der Waals surface area contributed by atoms with Crippen LogP contribution in [0.4, 0.5) is 0 Å². The molecule has 0 saturated heterocycles. The SMILES string of the molecule is CC(C)S(=O)(=O)O.CCCC(N)NO. The Bertz CT molecular complexity index is 216. The Labute approximate surface area is 85.2 Å². The average molecular weight is 228 g/mol. The molecule has 0 bridgehead atoms. The maximum Gasteiger partial charge on any atom is 0.267 e. The molecule has 0 aliphatic rings. The summed E-state index contributed by atoms with van der Waals surface area (Å²) in [6.07, 6.45) is 1.57. The van der Waals surface area contributed by atoms with Crippen LogP contribution in [0.3, 0.4) is 0 Å². The van der Waals surface area contributed by atoms with Crippen molar-refractivity contribution >= 4 is 10.1 Å². The van der Waals surface area contributed by atoms with Gasteiger partial charge in [-0.3, -0.25) is 4.55 Å². The summed E-state index contributed by atoms with van der Waals surface area (Å²) < 4.78 is 27.8. The molecule has 0 heterocycles. The summed E-state index contributed by atoms with van der Waals surface area (Å²) in [6.45, 7) is 4.84. The second-order valence-electron chi connectivity index (χ2n) is 3.09. The Kier molecular flexibility index (Phi) is 9.42. The lowest BCUT2D eigenvalue weighted by Gasteiger charge is -2.04. The molecule has 0 aromatic carbocycles. The Morgan fingerprint density at radius 1 is 1.43 bits per heavy atom. The molecule has 7 heteroatoms. The van der Waals surface area contributed by atoms with Crippen LogP contribution in [-0.4, -0.2) is 29.6 Å². The van der Waals surface area contributed by atoms with Crippen molar-refractivity contribution in [1.29, 1.82) is 0 Å². The second kappa shape index (κ2) is 8.13. The lowest BCUT2D eigenvalue weighted by molar-refractivity contribution is 0.124. The molecule has 1 unspecified atom stereocenters. The predicted octanol–water partition coefficient (Wildman–Crippen LogP) is 0.333. The van der Waals surface area contributed by atoms with Gasteiger partial charge in [-0.15, -0.1) is 0 Å². The maximum absolute atomic E-state index is 9.89. The van der Waals surface area contributed by atoms with Crippen molar-refractivity contribution in [2.24, 2.45) is 5.73 Å². The van der Waals surface area contributed by atoms with Crippen molar-refractivity contribution in [1.82, 2.24) is 5.48 Å². The predicted molar refractivity (Wildman–Crippen MR) is 54.5 cm³/mol. The number of hydrogen-bond donors (Lipinski definition) is 4. The molecule has 0 aromatic heterocycles. The van der Waals surface area contributed by atoms with Gasteiger partial charge < -0.3 is 10.9 Å². The maximum atomic E-state index is 9.89. The summed E-state index contributed by atoms with van der Waals surface area (Å²) in [5.41, 5.74) is 7.17. The summed E-state index contributed by atoms with van der Waals surface area (Å²) in [6, 6.07) is 0. The van der Waals surface area contributed by atoms with Crippen molar-refractivity contribution in [3.8, 4) is 0 Å². The molecular formula is C7H20N2O4S. The first-order valence-corrected chi connectivity index (χ1v) is 5.87. The van der Waals surface area contributed by atoms with Gasteiger partial charge in [0.15, 0.2) is 0 Å². The van der Waals surface area contributed by atoms with E-state index in [1.54, 1.807) is 0 Å². The van der Waals surface area contributed by atoms with E-state index < -0.39 is 15.4 Å². The molecule has 0 rings (SSSR count). The topological polar surface area (TPSA) is 113 Å². The average Bonchev–Trinajstić information content (AvgIpc) is 2.04. The van der Waals surface area contributed by atoms with Crippen molar-refractivity contribution in [3.05, 3.63) is 0 Å². The molecule has 14 heavy (non-hydrogen) atoms. The Hall–Kier alpha value is -0.210. The van der Waals surface area contributed by atoms with Crippen LogP contribution in [0.15, 0.2) is 0 Å². The number of hydrogen-bond acceptors (Lipinski definition) is 5. The number of nitrogens with two attached hydrogens (primary N) is 1. The molecule has 0 aliphatic heterocycles. The quantitative estimate of drug-likeness (QED) is 0.313. The molecule has 88 valence electrons. The lowest BCUT2D eigenvalue weighted by Crippen LogP contribution is -2.34. The number of nitrogens with one attached hydrogen (secondary N) is 1. The monoisotopic (exact) mass is 228 g/mol. The van der Waals surface area contributed by atoms with E-state index in [2.05, 4.69) is 0 Å². The molecule has 0 amide bonds. The molecule has 0 fully saturated rings. The highest BCUT2D eigenvalue weighted by Gasteiger charge is 2.08. The van der Waals surface area contributed by atoms with Crippen molar-refractivity contribution in [3.63, 3.8) is 0 Å². The van der Waals surface area contributed by atoms with Gasteiger partial charge in [-0.05, 0) is 20.3 Å². The smallest absolute Gasteiger partial charge is 0.267 e. The minimum absolute atomic E-state index is 0.245. The molecule has 0 spiro atoms. The van der Waals surface area contributed by atoms with Gasteiger partial charge in [0.05, 0.1) is 11.4 Å². The van der Waals surface area contributed by atoms with Gasteiger partial charge >= 0.3 is 0 Å². The van der Waals surface area contributed by atoms with Crippen LogP contribution in [0.1, 0.15) is 33.6 Å². The van der Waals surface area contributed by atoms with Gasteiger partial charge in [0.2, 0.25) is 0 Å². The zero-order valence-electron chi connectivity index (χ0n) is 8.77. The largest absolute Gasteiger partial charge is 0.315 e. The van der Waals surface area contributed by atoms with Gasteiger partial charge in [-0.25, -0.2) is 0 Å². The van der Waals surface area contributed by atoms with Gasteiger partial charge in [-0.1, -0.05) is 13.3 Å². The first-order chi connectivity index (χ1) is 6.25. The van der Waals surface area contributed by atoms with Crippen molar-refractivity contribution in [2.45, 2.75) is 45.0 Å². The van der Waals surface area contributed by atoms with Crippen LogP contribution >= 0.6 is 0 Å². The van der Waals surface area contributed by atoms with E-state index in [0.717, 1.165) is 12.8 Å². The van der Waals surface area contributed by atoms with Gasteiger partial charge in [0, 0.05) is 0 Å². The van der Waals surface area contributed by atoms with E-state index in [9.17, 15) is 8.42 Å². The summed E-state index contributed by atoms with van der Waals surface area (Å²) in [5, 5.41) is 7.42. The highest BCUT2D eigenvalue weighted by atomic mass is 32.2. The van der Waals surface area contributed by atoms with E-state index in [4.69, 9.17) is 15.5 Å². The van der Waals surface area contributed by atoms with E-state index in [-0.39, 0.29) is 6.17 Å². The number of rotatable bonds is 4. The van der Waals surface area contributed by atoms with E-state index >= 15 is 0 Å². The minimum Gasteiger partial charge on any atom is -0.315 e. The van der Waals surface area contributed by atoms with Gasteiger partial charge in [0.1, 0.15) is 0 Å². The Morgan fingerprint density at radius 2 is 1.79 bits per heavy atom. The highest BCUT2D eigenvalue weighted by Crippen LogP contribution is 1.92. The Morgan fingerprint density at radius 3 is 1.86 bits per heavy atom. The van der Waals surface area contributed by atoms with Gasteiger partial charge in [0.25, 0.3) is 10.1 Å². The fraction of sp³-hybridized carbons (Fsp3) is 1.00. The first kappa shape index (κ1) is 16.2. The minimum atomic E-state index is -3.74. The summed E-state index contributed by atoms with van der Waals surface area (Å²) in [4.78, 5) is 0. The van der Waals surface area contributed by atoms with Crippen LogP contribution in [0, 0.1) is 0 Å². The molecule has 0 aliphatic carbocycles. The van der Waals surface area contributed by atoms with Crippen molar-refractivity contribution < 1.29 is 18.2 Å². The second-order valence-corrected chi connectivity index (χ2v) is 5.06. The molecule has 0 radical (unpaired) electrons. The fourth-order valence-electron chi connectivity index (χ4n) is 0.376. The van der Waals surface area contributed by atoms with Crippen LogP contribution in [0.25, 0.3) is 0 Å². The molecule has 0 saturated carbocycles. The molecule has 0 aromatic rings. The van der Waals surface area contributed by atoms with Crippen LogP contribution < -0.4 is 11.2 Å². The standard InChI is InChI=1S/C4H12N2O.C3H8O3S/c1-2-3-4(5)6-7;1-3(2)7(4,5)6/h4,6-7H,2-3,5H2,1H3;3H,1-2H3,(H,4,5,6). The lowest BCUT2D eigenvalue weighted by atomic mass is 10.3. The summed E-state index contributed by atoms with van der Waals surface area (Å²) >= 11 is 0. The number of hydroxylamine groups is 1. The third-order valence-electron chi connectivity index (χ3n) is 1.36. The summed E-state index contributed by atoms with van der Waals surface area (Å²) in [5.74, 6) is 0. The molecule has 1 atom stereocenters. The zero-order chi connectivity index (χ0) is 11.8. The third kappa shape index (κ3) is 11.8. The molecule has 6 nitrogen and oxygen atoms in total. The normalized spacial score (nSPS) is 13.4. The van der Waals surface area contributed by atoms with E-state index in [0.29, 0.717) is 0 Å². The fourth-order valence-corrected chi connectivity index (χ4v) is 0.376.